The molecule has 0 heterocycles. The maximum Gasteiger partial charge on any atom is 0.0126 e. The van der Waals surface area contributed by atoms with Gasteiger partial charge in [-0.15, -0.1) is 0 Å². The quantitative estimate of drug-likeness (QED) is 0.754. The Morgan fingerprint density at radius 1 is 0.882 bits per heavy atom. The van der Waals surface area contributed by atoms with Gasteiger partial charge >= 0.3 is 0 Å². The summed E-state index contributed by atoms with van der Waals surface area (Å²) in [6.45, 7) is 4.87. The van der Waals surface area contributed by atoms with Crippen molar-refractivity contribution in [2.45, 2.75) is 90.1 Å². The molecule has 3 aliphatic rings. The molecule has 17 heavy (non-hydrogen) atoms. The summed E-state index contributed by atoms with van der Waals surface area (Å²) < 4.78 is 0. The second kappa shape index (κ2) is 4.26. The fraction of sp³-hybridized carbons (Fsp3) is 1.00. The molecule has 1 nitrogen and oxygen atoms in total. The van der Waals surface area contributed by atoms with Gasteiger partial charge in [0.05, 0.1) is 0 Å². The molecule has 1 spiro atoms. The van der Waals surface area contributed by atoms with Crippen molar-refractivity contribution in [2.75, 3.05) is 0 Å². The van der Waals surface area contributed by atoms with Gasteiger partial charge in [0.1, 0.15) is 0 Å². The zero-order chi connectivity index (χ0) is 11.9. The molecule has 3 saturated carbocycles. The molecular weight excluding hydrogens is 206 g/mol. The molecule has 3 aliphatic carbocycles. The molecule has 2 unspecified atom stereocenters. The van der Waals surface area contributed by atoms with Crippen LogP contribution in [0, 0.1) is 10.8 Å². The number of hydrogen-bond donors (Lipinski definition) is 1. The van der Waals surface area contributed by atoms with Gasteiger partial charge in [0.2, 0.25) is 0 Å². The predicted octanol–water partition coefficient (Wildman–Crippen LogP) is 4.27. The Hall–Kier alpha value is -0.0400. The molecule has 3 fully saturated rings. The fourth-order valence-electron chi connectivity index (χ4n) is 4.67. The average Bonchev–Trinajstić information content (AvgIpc) is 2.66. The van der Waals surface area contributed by atoms with Crippen LogP contribution < -0.4 is 5.32 Å². The molecule has 0 aromatic heterocycles. The van der Waals surface area contributed by atoms with E-state index in [2.05, 4.69) is 19.2 Å². The molecule has 1 heteroatoms. The van der Waals surface area contributed by atoms with Gasteiger partial charge in [-0.05, 0) is 55.8 Å². The molecular formula is C16H29N. The van der Waals surface area contributed by atoms with Crippen LogP contribution in [0.3, 0.4) is 0 Å². The van der Waals surface area contributed by atoms with E-state index in [4.69, 9.17) is 0 Å². The van der Waals surface area contributed by atoms with Gasteiger partial charge in [-0.3, -0.25) is 0 Å². The lowest BCUT2D eigenvalue weighted by Crippen LogP contribution is -2.56. The highest BCUT2D eigenvalue weighted by Crippen LogP contribution is 2.52. The van der Waals surface area contributed by atoms with E-state index in [9.17, 15) is 0 Å². The average molecular weight is 235 g/mol. The first-order chi connectivity index (χ1) is 8.10. The molecule has 0 aromatic carbocycles. The maximum atomic E-state index is 4.03. The van der Waals surface area contributed by atoms with E-state index in [1.807, 2.05) is 0 Å². The first kappa shape index (κ1) is 12.0. The number of nitrogens with one attached hydrogen (secondary N) is 1. The molecule has 0 amide bonds. The zero-order valence-electron chi connectivity index (χ0n) is 11.7. The van der Waals surface area contributed by atoms with Gasteiger partial charge in [-0.2, -0.15) is 0 Å². The van der Waals surface area contributed by atoms with E-state index < -0.39 is 0 Å². The SMILES string of the molecule is CC1(C)CCC(NC2CCC23CCCCC3)C1. The van der Waals surface area contributed by atoms with Crippen LogP contribution in [0.4, 0.5) is 0 Å². The van der Waals surface area contributed by atoms with E-state index in [0.717, 1.165) is 17.5 Å². The monoisotopic (exact) mass is 235 g/mol. The van der Waals surface area contributed by atoms with Gasteiger partial charge in [0.15, 0.2) is 0 Å². The van der Waals surface area contributed by atoms with Gasteiger partial charge in [0.25, 0.3) is 0 Å². The molecule has 2 atom stereocenters. The third-order valence-electron chi connectivity index (χ3n) is 5.92. The summed E-state index contributed by atoms with van der Waals surface area (Å²) in [6.07, 6.45) is 14.7. The van der Waals surface area contributed by atoms with Crippen molar-refractivity contribution in [3.8, 4) is 0 Å². The second-order valence-electron chi connectivity index (χ2n) is 7.78. The normalized spacial score (nSPS) is 39.2. The van der Waals surface area contributed by atoms with Crippen molar-refractivity contribution in [1.29, 1.82) is 0 Å². The lowest BCUT2D eigenvalue weighted by molar-refractivity contribution is 0.0162. The van der Waals surface area contributed by atoms with Crippen molar-refractivity contribution in [1.82, 2.24) is 5.32 Å². The predicted molar refractivity (Wildman–Crippen MR) is 73.1 cm³/mol. The fourth-order valence-corrected chi connectivity index (χ4v) is 4.67. The minimum absolute atomic E-state index is 0.598. The third kappa shape index (κ3) is 2.28. The Kier molecular flexibility index (Phi) is 3.01. The van der Waals surface area contributed by atoms with E-state index in [1.54, 1.807) is 0 Å². The van der Waals surface area contributed by atoms with Crippen LogP contribution in [-0.4, -0.2) is 12.1 Å². The highest BCUT2D eigenvalue weighted by Gasteiger charge is 2.47. The lowest BCUT2D eigenvalue weighted by atomic mass is 9.57. The zero-order valence-corrected chi connectivity index (χ0v) is 11.7. The summed E-state index contributed by atoms with van der Waals surface area (Å²) in [7, 11) is 0. The second-order valence-corrected chi connectivity index (χ2v) is 7.78. The van der Waals surface area contributed by atoms with Crippen LogP contribution in [0.2, 0.25) is 0 Å². The minimum Gasteiger partial charge on any atom is -0.311 e. The van der Waals surface area contributed by atoms with Gasteiger partial charge in [-0.25, -0.2) is 0 Å². The molecule has 0 aromatic rings. The summed E-state index contributed by atoms with van der Waals surface area (Å²) in [4.78, 5) is 0. The Balaban J connectivity index is 1.56. The Labute approximate surface area is 107 Å². The van der Waals surface area contributed by atoms with E-state index in [0.29, 0.717) is 5.41 Å². The topological polar surface area (TPSA) is 12.0 Å². The van der Waals surface area contributed by atoms with Crippen LogP contribution >= 0.6 is 0 Å². The summed E-state index contributed by atoms with van der Waals surface area (Å²) in [5.74, 6) is 0. The number of hydrogen-bond acceptors (Lipinski definition) is 1. The van der Waals surface area contributed by atoms with Crippen molar-refractivity contribution >= 4 is 0 Å². The first-order valence-corrected chi connectivity index (χ1v) is 7.86. The molecule has 0 saturated heterocycles. The third-order valence-corrected chi connectivity index (χ3v) is 5.92. The van der Waals surface area contributed by atoms with Gasteiger partial charge in [0, 0.05) is 12.1 Å². The highest BCUT2D eigenvalue weighted by atomic mass is 15.0. The van der Waals surface area contributed by atoms with Crippen LogP contribution in [-0.2, 0) is 0 Å². The summed E-state index contributed by atoms with van der Waals surface area (Å²) in [5, 5.41) is 4.03. The van der Waals surface area contributed by atoms with E-state index in [1.165, 1.54) is 64.2 Å². The van der Waals surface area contributed by atoms with Crippen LogP contribution in [0.15, 0.2) is 0 Å². The Morgan fingerprint density at radius 3 is 2.18 bits per heavy atom. The van der Waals surface area contributed by atoms with Crippen LogP contribution in [0.25, 0.3) is 0 Å². The van der Waals surface area contributed by atoms with Crippen LogP contribution in [0.1, 0.15) is 78.1 Å². The van der Waals surface area contributed by atoms with E-state index in [-0.39, 0.29) is 0 Å². The molecule has 0 aliphatic heterocycles. The smallest absolute Gasteiger partial charge is 0.0126 e. The maximum absolute atomic E-state index is 4.03. The van der Waals surface area contributed by atoms with Crippen molar-refractivity contribution < 1.29 is 0 Å². The molecule has 98 valence electrons. The minimum atomic E-state index is 0.598. The van der Waals surface area contributed by atoms with Crippen molar-refractivity contribution in [2.24, 2.45) is 10.8 Å². The first-order valence-electron chi connectivity index (χ1n) is 7.86. The Bertz CT molecular complexity index is 275. The van der Waals surface area contributed by atoms with Crippen molar-refractivity contribution in [3.05, 3.63) is 0 Å². The van der Waals surface area contributed by atoms with Gasteiger partial charge in [-0.1, -0.05) is 33.1 Å². The highest BCUT2D eigenvalue weighted by molar-refractivity contribution is 5.03. The summed E-state index contributed by atoms with van der Waals surface area (Å²) in [5.41, 5.74) is 1.34. The largest absolute Gasteiger partial charge is 0.311 e. The van der Waals surface area contributed by atoms with Crippen LogP contribution in [0.5, 0.6) is 0 Å². The lowest BCUT2D eigenvalue weighted by Gasteiger charge is -2.53. The standard InChI is InChI=1S/C16H29N/c1-15(2)10-6-13(12-15)17-14-7-11-16(14)8-4-3-5-9-16/h13-14,17H,3-12H2,1-2H3. The van der Waals surface area contributed by atoms with E-state index >= 15 is 0 Å². The number of rotatable bonds is 2. The Morgan fingerprint density at radius 2 is 1.65 bits per heavy atom. The molecule has 1 N–H and O–H groups in total. The molecule has 3 rings (SSSR count). The molecule has 0 radical (unpaired) electrons. The van der Waals surface area contributed by atoms with Gasteiger partial charge < -0.3 is 5.32 Å². The summed E-state index contributed by atoms with van der Waals surface area (Å²) >= 11 is 0. The molecule has 0 bridgehead atoms. The summed E-state index contributed by atoms with van der Waals surface area (Å²) in [6, 6.07) is 1.70. The van der Waals surface area contributed by atoms with Crippen molar-refractivity contribution in [3.63, 3.8) is 0 Å².